The SMILES string of the molecule is CCOc1cc(C(N)c2cnco2)ccc1OC. The fourth-order valence-corrected chi connectivity index (χ4v) is 1.70. The molecule has 1 aromatic carbocycles. The number of ether oxygens (including phenoxy) is 2. The first-order chi connectivity index (χ1) is 8.76. The Bertz CT molecular complexity index is 497. The number of nitrogens with two attached hydrogens (primary N) is 1. The molecular formula is C13H16N2O3. The molecule has 2 N–H and O–H groups in total. The van der Waals surface area contributed by atoms with Crippen molar-refractivity contribution in [3.63, 3.8) is 0 Å². The average molecular weight is 248 g/mol. The van der Waals surface area contributed by atoms with Crippen molar-refractivity contribution in [3.8, 4) is 11.5 Å². The third kappa shape index (κ3) is 2.46. The molecule has 0 aliphatic carbocycles. The summed E-state index contributed by atoms with van der Waals surface area (Å²) in [6.45, 7) is 2.49. The van der Waals surface area contributed by atoms with Gasteiger partial charge in [0.2, 0.25) is 0 Å². The van der Waals surface area contributed by atoms with Gasteiger partial charge in [0.05, 0.1) is 26.0 Å². The monoisotopic (exact) mass is 248 g/mol. The van der Waals surface area contributed by atoms with Crippen molar-refractivity contribution in [2.45, 2.75) is 13.0 Å². The lowest BCUT2D eigenvalue weighted by molar-refractivity contribution is 0.310. The summed E-state index contributed by atoms with van der Waals surface area (Å²) in [6.07, 6.45) is 2.97. The fourth-order valence-electron chi connectivity index (χ4n) is 1.70. The second-order valence-electron chi connectivity index (χ2n) is 3.72. The van der Waals surface area contributed by atoms with Gasteiger partial charge in [-0.25, -0.2) is 4.98 Å². The maximum Gasteiger partial charge on any atom is 0.180 e. The molecule has 0 aliphatic heterocycles. The molecule has 0 saturated heterocycles. The Morgan fingerprint density at radius 1 is 1.39 bits per heavy atom. The number of aromatic nitrogens is 1. The minimum absolute atomic E-state index is 0.363. The molecule has 0 saturated carbocycles. The van der Waals surface area contributed by atoms with Gasteiger partial charge in [0.1, 0.15) is 5.76 Å². The third-order valence-corrected chi connectivity index (χ3v) is 2.60. The molecule has 1 aromatic heterocycles. The van der Waals surface area contributed by atoms with Crippen molar-refractivity contribution in [2.24, 2.45) is 5.73 Å². The second-order valence-corrected chi connectivity index (χ2v) is 3.72. The van der Waals surface area contributed by atoms with E-state index in [0.29, 0.717) is 23.9 Å². The second kappa shape index (κ2) is 5.55. The predicted molar refractivity (Wildman–Crippen MR) is 66.7 cm³/mol. The Labute approximate surface area is 106 Å². The van der Waals surface area contributed by atoms with E-state index in [4.69, 9.17) is 19.6 Å². The topological polar surface area (TPSA) is 70.5 Å². The third-order valence-electron chi connectivity index (χ3n) is 2.60. The van der Waals surface area contributed by atoms with E-state index >= 15 is 0 Å². The molecule has 1 atom stereocenters. The van der Waals surface area contributed by atoms with Crippen LogP contribution in [0.3, 0.4) is 0 Å². The molecule has 1 unspecified atom stereocenters. The predicted octanol–water partition coefficient (Wildman–Crippen LogP) is 2.13. The Balaban J connectivity index is 2.31. The average Bonchev–Trinajstić information content (AvgIpc) is 2.92. The summed E-state index contributed by atoms with van der Waals surface area (Å²) < 4.78 is 15.9. The smallest absolute Gasteiger partial charge is 0.180 e. The summed E-state index contributed by atoms with van der Waals surface area (Å²) in [4.78, 5) is 3.86. The lowest BCUT2D eigenvalue weighted by atomic mass is 10.1. The van der Waals surface area contributed by atoms with Crippen LogP contribution in [0.2, 0.25) is 0 Å². The van der Waals surface area contributed by atoms with Crippen LogP contribution < -0.4 is 15.2 Å². The van der Waals surface area contributed by atoms with Crippen molar-refractivity contribution in [3.05, 3.63) is 42.1 Å². The van der Waals surface area contributed by atoms with Gasteiger partial charge in [-0.15, -0.1) is 0 Å². The van der Waals surface area contributed by atoms with Gasteiger partial charge in [0.25, 0.3) is 0 Å². The number of rotatable bonds is 5. The molecule has 18 heavy (non-hydrogen) atoms. The molecule has 0 aliphatic rings. The van der Waals surface area contributed by atoms with E-state index in [1.165, 1.54) is 6.39 Å². The molecule has 5 heteroatoms. The Kier molecular flexibility index (Phi) is 3.84. The van der Waals surface area contributed by atoms with Gasteiger partial charge in [-0.3, -0.25) is 0 Å². The number of nitrogens with zero attached hydrogens (tertiary/aromatic N) is 1. The first kappa shape index (κ1) is 12.4. The van der Waals surface area contributed by atoms with Crippen LogP contribution in [0.25, 0.3) is 0 Å². The highest BCUT2D eigenvalue weighted by Gasteiger charge is 2.15. The molecule has 5 nitrogen and oxygen atoms in total. The Morgan fingerprint density at radius 2 is 2.22 bits per heavy atom. The summed E-state index contributed by atoms with van der Waals surface area (Å²) in [5.74, 6) is 1.97. The van der Waals surface area contributed by atoms with Crippen LogP contribution in [0.5, 0.6) is 11.5 Å². The van der Waals surface area contributed by atoms with E-state index < -0.39 is 0 Å². The van der Waals surface area contributed by atoms with Crippen LogP contribution in [0, 0.1) is 0 Å². The van der Waals surface area contributed by atoms with Crippen molar-refractivity contribution in [2.75, 3.05) is 13.7 Å². The Morgan fingerprint density at radius 3 is 2.83 bits per heavy atom. The highest BCUT2D eigenvalue weighted by molar-refractivity contribution is 5.44. The standard InChI is InChI=1S/C13H16N2O3/c1-3-17-11-6-9(4-5-10(11)16-2)13(14)12-7-15-8-18-12/h4-8,13H,3,14H2,1-2H3. The van der Waals surface area contributed by atoms with Gasteiger partial charge < -0.3 is 19.6 Å². The maximum atomic E-state index is 6.09. The summed E-state index contributed by atoms with van der Waals surface area (Å²) >= 11 is 0. The van der Waals surface area contributed by atoms with Crippen LogP contribution in [0.15, 0.2) is 35.2 Å². The van der Waals surface area contributed by atoms with E-state index in [0.717, 1.165) is 5.56 Å². The highest BCUT2D eigenvalue weighted by Crippen LogP contribution is 2.31. The van der Waals surface area contributed by atoms with Crippen LogP contribution in [0.4, 0.5) is 0 Å². The van der Waals surface area contributed by atoms with Gasteiger partial charge in [0.15, 0.2) is 17.9 Å². The number of oxazole rings is 1. The number of benzene rings is 1. The molecule has 0 spiro atoms. The number of hydrogen-bond donors (Lipinski definition) is 1. The van der Waals surface area contributed by atoms with Crippen LogP contribution >= 0.6 is 0 Å². The highest BCUT2D eigenvalue weighted by atomic mass is 16.5. The molecular weight excluding hydrogens is 232 g/mol. The van der Waals surface area contributed by atoms with Gasteiger partial charge in [-0.1, -0.05) is 6.07 Å². The molecule has 0 fully saturated rings. The molecule has 0 amide bonds. The number of hydrogen-bond acceptors (Lipinski definition) is 5. The van der Waals surface area contributed by atoms with Gasteiger partial charge in [-0.05, 0) is 24.6 Å². The summed E-state index contributed by atoms with van der Waals surface area (Å²) in [7, 11) is 1.61. The lowest BCUT2D eigenvalue weighted by Gasteiger charge is -2.13. The summed E-state index contributed by atoms with van der Waals surface area (Å²) in [5.41, 5.74) is 6.97. The quantitative estimate of drug-likeness (QED) is 0.877. The van der Waals surface area contributed by atoms with Gasteiger partial charge in [0, 0.05) is 0 Å². The first-order valence-corrected chi connectivity index (χ1v) is 5.71. The Hall–Kier alpha value is -2.01. The van der Waals surface area contributed by atoms with Crippen LogP contribution in [0.1, 0.15) is 24.3 Å². The van der Waals surface area contributed by atoms with Crippen molar-refractivity contribution in [1.29, 1.82) is 0 Å². The summed E-state index contributed by atoms with van der Waals surface area (Å²) in [6, 6.07) is 5.21. The molecule has 2 rings (SSSR count). The zero-order chi connectivity index (χ0) is 13.0. The zero-order valence-corrected chi connectivity index (χ0v) is 10.4. The molecule has 2 aromatic rings. The van der Waals surface area contributed by atoms with Gasteiger partial charge in [-0.2, -0.15) is 0 Å². The van der Waals surface area contributed by atoms with E-state index in [-0.39, 0.29) is 6.04 Å². The maximum absolute atomic E-state index is 6.09. The largest absolute Gasteiger partial charge is 0.493 e. The normalized spacial score (nSPS) is 12.2. The minimum Gasteiger partial charge on any atom is -0.493 e. The summed E-state index contributed by atoms with van der Waals surface area (Å²) in [5, 5.41) is 0. The molecule has 0 radical (unpaired) electrons. The lowest BCUT2D eigenvalue weighted by Crippen LogP contribution is -2.11. The molecule has 0 bridgehead atoms. The van der Waals surface area contributed by atoms with E-state index in [9.17, 15) is 0 Å². The fraction of sp³-hybridized carbons (Fsp3) is 0.308. The van der Waals surface area contributed by atoms with Crippen molar-refractivity contribution < 1.29 is 13.9 Å². The van der Waals surface area contributed by atoms with Crippen LogP contribution in [-0.4, -0.2) is 18.7 Å². The molecule has 96 valence electrons. The zero-order valence-electron chi connectivity index (χ0n) is 10.4. The van der Waals surface area contributed by atoms with Crippen molar-refractivity contribution >= 4 is 0 Å². The number of methoxy groups -OCH3 is 1. The van der Waals surface area contributed by atoms with Crippen LogP contribution in [-0.2, 0) is 0 Å². The van der Waals surface area contributed by atoms with Gasteiger partial charge >= 0.3 is 0 Å². The first-order valence-electron chi connectivity index (χ1n) is 5.71. The van der Waals surface area contributed by atoms with E-state index in [1.807, 2.05) is 25.1 Å². The van der Waals surface area contributed by atoms with E-state index in [2.05, 4.69) is 4.98 Å². The minimum atomic E-state index is -0.363. The molecule has 1 heterocycles. The van der Waals surface area contributed by atoms with Crippen molar-refractivity contribution in [1.82, 2.24) is 4.98 Å². The van der Waals surface area contributed by atoms with E-state index in [1.54, 1.807) is 13.3 Å².